The molecule has 0 aliphatic heterocycles. The maximum Gasteiger partial charge on any atom is 0.261 e. The van der Waals surface area contributed by atoms with E-state index in [4.69, 9.17) is 0 Å². The van der Waals surface area contributed by atoms with Crippen LogP contribution in [-0.2, 0) is 0 Å². The molecule has 0 amide bonds. The van der Waals surface area contributed by atoms with Gasteiger partial charge in [-0.25, -0.2) is 0 Å². The lowest BCUT2D eigenvalue weighted by Gasteiger charge is -2.12. The quantitative estimate of drug-likeness (QED) is 0.127. The van der Waals surface area contributed by atoms with Gasteiger partial charge in [-0.05, 0) is 6.92 Å². The third-order valence-corrected chi connectivity index (χ3v) is 10.5. The van der Waals surface area contributed by atoms with Gasteiger partial charge in [0.25, 0.3) is 14.1 Å². The van der Waals surface area contributed by atoms with E-state index < -0.39 is 14.1 Å². The average Bonchev–Trinajstić information content (AvgIpc) is 2.81. The van der Waals surface area contributed by atoms with Gasteiger partial charge in [-0.3, -0.25) is 0 Å². The number of hydrogen-bond acceptors (Lipinski definition) is 0. The Morgan fingerprint density at radius 3 is 1.03 bits per heavy atom. The molecule has 186 valence electrons. The van der Waals surface area contributed by atoms with Gasteiger partial charge in [0.05, 0.1) is 0 Å². The molecule has 0 aliphatic carbocycles. The van der Waals surface area contributed by atoms with E-state index in [2.05, 4.69) is 39.8 Å². The Bertz CT molecular complexity index is 403. The van der Waals surface area contributed by atoms with E-state index in [-0.39, 0.29) is 0 Å². The van der Waals surface area contributed by atoms with Crippen LogP contribution in [0.1, 0.15) is 142 Å². The molecule has 0 atom stereocenters. The molecule has 32 heavy (non-hydrogen) atoms. The van der Waals surface area contributed by atoms with E-state index in [1.54, 1.807) is 35.1 Å². The zero-order valence-corrected chi connectivity index (χ0v) is 24.0. The molecule has 0 saturated heterocycles. The fraction of sp³-hybridized carbons (Fsp3) is 0.806. The summed E-state index contributed by atoms with van der Waals surface area (Å²) in [6, 6.07) is 10.3. The van der Waals surface area contributed by atoms with Gasteiger partial charge in [0.15, 0.2) is 0 Å². The molecule has 0 fully saturated rings. The predicted octanol–water partition coefficient (Wildman–Crippen LogP) is 11.6. The van der Waals surface area contributed by atoms with Crippen molar-refractivity contribution in [3.8, 4) is 0 Å². The zero-order chi connectivity index (χ0) is 23.5. The van der Waals surface area contributed by atoms with Gasteiger partial charge in [0, 0.05) is 0 Å². The molecule has 0 aromatic heterocycles. The Kier molecular flexibility index (Phi) is 26.8. The highest BCUT2D eigenvalue weighted by molar-refractivity contribution is 6.58. The summed E-state index contributed by atoms with van der Waals surface area (Å²) in [6.45, 7) is 9.05. The summed E-state index contributed by atoms with van der Waals surface area (Å²) in [4.78, 5) is 0. The third-order valence-electron chi connectivity index (χ3n) is 6.84. The van der Waals surface area contributed by atoms with Crippen molar-refractivity contribution >= 4 is 14.1 Å². The molecule has 0 aliphatic rings. The number of aryl methyl sites for hydroxylation is 1. The van der Waals surface area contributed by atoms with Crippen molar-refractivity contribution in [3.63, 3.8) is 0 Å². The number of benzene rings is 1. The second-order valence-electron chi connectivity index (χ2n) is 10.2. The van der Waals surface area contributed by atoms with Crippen LogP contribution in [0.25, 0.3) is 0 Å². The summed E-state index contributed by atoms with van der Waals surface area (Å²) >= 11 is -0.410. The van der Waals surface area contributed by atoms with Crippen LogP contribution in [0.4, 0.5) is 0 Å². The van der Waals surface area contributed by atoms with E-state index >= 15 is 0 Å². The Morgan fingerprint density at radius 2 is 0.750 bits per heavy atom. The minimum Gasteiger partial charge on any atom is -0.0939 e. The van der Waals surface area contributed by atoms with Crippen LogP contribution in [0.5, 0.6) is 0 Å². The van der Waals surface area contributed by atoms with Gasteiger partial charge in [-0.15, -0.1) is 0 Å². The fourth-order valence-electron chi connectivity index (χ4n) is 4.61. The lowest BCUT2D eigenvalue weighted by molar-refractivity contribution is 0.610. The number of unbranched alkanes of at least 4 members (excludes halogenated alkanes) is 15. The molecule has 0 radical (unpaired) electrons. The van der Waals surface area contributed by atoms with Crippen LogP contribution in [0, 0.1) is 6.92 Å². The molecule has 0 spiro atoms. The minimum absolute atomic E-state index is 0.410. The van der Waals surface area contributed by atoms with Gasteiger partial charge >= 0.3 is 0 Å². The first-order valence-electron chi connectivity index (χ1n) is 14.8. The topological polar surface area (TPSA) is 0 Å². The van der Waals surface area contributed by atoms with Crippen LogP contribution in [0.2, 0.25) is 15.8 Å². The molecular weight excluding hydrogens is 399 g/mol. The molecule has 0 nitrogen and oxygen atoms in total. The zero-order valence-electron chi connectivity index (χ0n) is 22.8. The summed E-state index contributed by atoms with van der Waals surface area (Å²) in [5.74, 6) is 0. The van der Waals surface area contributed by atoms with E-state index in [1.165, 1.54) is 102 Å². The van der Waals surface area contributed by atoms with E-state index in [1.807, 2.05) is 18.2 Å². The fourth-order valence-corrected chi connectivity index (χ4v) is 8.07. The second kappa shape index (κ2) is 27.0. The summed E-state index contributed by atoms with van der Waals surface area (Å²) in [5, 5.41) is 4.99. The monoisotopic (exact) mass is 458 g/mol. The number of hydrogen-bond donors (Lipinski definition) is 0. The maximum absolute atomic E-state index is 2.32. The van der Waals surface area contributed by atoms with Crippen molar-refractivity contribution in [1.82, 2.24) is 0 Å². The largest absolute Gasteiger partial charge is 0.261 e. The molecule has 1 aromatic rings. The molecule has 0 bridgehead atoms. The first-order chi connectivity index (χ1) is 15.7. The van der Waals surface area contributed by atoms with E-state index in [0.29, 0.717) is 0 Å². The van der Waals surface area contributed by atoms with Crippen molar-refractivity contribution in [2.24, 2.45) is 0 Å². The van der Waals surface area contributed by atoms with Crippen LogP contribution < -0.4 is 0 Å². The molecule has 0 N–H and O–H groups in total. The van der Waals surface area contributed by atoms with Crippen molar-refractivity contribution in [2.75, 3.05) is 0 Å². The summed E-state index contributed by atoms with van der Waals surface area (Å²) in [5.41, 5.74) is 1.32. The first-order valence-corrected chi connectivity index (χ1v) is 17.2. The Hall–Kier alpha value is -0.248. The van der Waals surface area contributed by atoms with Crippen molar-refractivity contribution in [2.45, 2.75) is 159 Å². The smallest absolute Gasteiger partial charge is 0.0939 e. The third kappa shape index (κ3) is 24.4. The van der Waals surface area contributed by atoms with Gasteiger partial charge < -0.3 is 0 Å². The van der Waals surface area contributed by atoms with Crippen LogP contribution >= 0.6 is 0 Å². The minimum atomic E-state index is -0.410. The SMILES string of the molecule is CCCCCCC[CH2][Al]([CH2]CCCCCCC)[CH2]CCCCCCC.Cc1ccccc1. The average molecular weight is 459 g/mol. The Balaban J connectivity index is 0.00000115. The highest BCUT2D eigenvalue weighted by atomic mass is 27.2. The van der Waals surface area contributed by atoms with Crippen LogP contribution in [-0.4, -0.2) is 14.1 Å². The van der Waals surface area contributed by atoms with Gasteiger partial charge in [0.1, 0.15) is 0 Å². The lowest BCUT2D eigenvalue weighted by atomic mass is 10.1. The maximum atomic E-state index is 2.32. The van der Waals surface area contributed by atoms with Crippen LogP contribution in [0.3, 0.4) is 0 Å². The summed E-state index contributed by atoms with van der Waals surface area (Å²) in [6.07, 6.45) is 26.7. The van der Waals surface area contributed by atoms with Gasteiger partial charge in [0.2, 0.25) is 0 Å². The van der Waals surface area contributed by atoms with Gasteiger partial charge in [-0.1, -0.05) is 188 Å². The van der Waals surface area contributed by atoms with Gasteiger partial charge in [-0.2, -0.15) is 0 Å². The number of rotatable bonds is 21. The Morgan fingerprint density at radius 1 is 0.438 bits per heavy atom. The highest BCUT2D eigenvalue weighted by Gasteiger charge is 2.15. The second-order valence-corrected chi connectivity index (χ2v) is 13.7. The molecule has 1 heteroatoms. The molecular formula is C31H59Al. The molecule has 0 heterocycles. The first kappa shape index (κ1) is 31.8. The van der Waals surface area contributed by atoms with Crippen molar-refractivity contribution < 1.29 is 0 Å². The lowest BCUT2D eigenvalue weighted by Crippen LogP contribution is -2.12. The normalized spacial score (nSPS) is 10.6. The molecule has 1 rings (SSSR count). The predicted molar refractivity (Wildman–Crippen MR) is 151 cm³/mol. The summed E-state index contributed by atoms with van der Waals surface area (Å²) < 4.78 is 0. The summed E-state index contributed by atoms with van der Waals surface area (Å²) in [7, 11) is 0. The molecule has 0 unspecified atom stereocenters. The van der Waals surface area contributed by atoms with Crippen LogP contribution in [0.15, 0.2) is 30.3 Å². The van der Waals surface area contributed by atoms with Crippen molar-refractivity contribution in [3.05, 3.63) is 35.9 Å². The van der Waals surface area contributed by atoms with Crippen molar-refractivity contribution in [1.29, 1.82) is 0 Å². The molecule has 0 saturated carbocycles. The van der Waals surface area contributed by atoms with E-state index in [0.717, 1.165) is 0 Å². The Labute approximate surface area is 208 Å². The standard InChI is InChI=1S/3C8H17.C7H8.Al/c3*1-3-5-7-8-6-4-2;1-7-5-3-2-4-6-7;/h3*1,3-8H2,2H3;2-6H,1H3;. The van der Waals surface area contributed by atoms with E-state index in [9.17, 15) is 0 Å². The molecule has 1 aromatic carbocycles. The highest BCUT2D eigenvalue weighted by Crippen LogP contribution is 2.20.